The molecule has 0 radical (unpaired) electrons. The first-order valence-electron chi connectivity index (χ1n) is 17.8. The monoisotopic (exact) mass is 791 g/mol. The Morgan fingerprint density at radius 3 is 1.91 bits per heavy atom. The molecule has 0 aliphatic heterocycles. The molecule has 6 rings (SSSR count). The summed E-state index contributed by atoms with van der Waals surface area (Å²) in [6, 6.07) is 29.2. The van der Waals surface area contributed by atoms with Crippen LogP contribution in [0.2, 0.25) is 0 Å². The highest BCUT2D eigenvalue weighted by Gasteiger charge is 2.22. The molecular formula is C43H43N3O8P2. The van der Waals surface area contributed by atoms with Gasteiger partial charge >= 0.3 is 17.2 Å². The molecule has 0 amide bonds. The van der Waals surface area contributed by atoms with Gasteiger partial charge in [-0.15, -0.1) is 26.3 Å². The second-order valence-corrected chi connectivity index (χ2v) is 14.3. The molecular weight excluding hydrogens is 748 g/mol. The predicted octanol–water partition coefficient (Wildman–Crippen LogP) is 10.8. The molecule has 0 fully saturated rings. The van der Waals surface area contributed by atoms with Crippen LogP contribution in [0, 0.1) is 0 Å². The van der Waals surface area contributed by atoms with E-state index < -0.39 is 17.2 Å². The number of benzene rings is 3. The van der Waals surface area contributed by atoms with Gasteiger partial charge in [-0.25, -0.2) is 9.97 Å². The van der Waals surface area contributed by atoms with E-state index in [9.17, 15) is 0 Å². The van der Waals surface area contributed by atoms with E-state index in [0.29, 0.717) is 60.5 Å². The Hall–Kier alpha value is -5.38. The van der Waals surface area contributed by atoms with Crippen LogP contribution in [0.1, 0.15) is 28.3 Å². The lowest BCUT2D eigenvalue weighted by molar-refractivity contribution is 0.237. The number of furan rings is 1. The molecule has 3 aromatic carbocycles. The third-order valence-electron chi connectivity index (χ3n) is 7.82. The van der Waals surface area contributed by atoms with Crippen molar-refractivity contribution in [2.45, 2.75) is 19.4 Å². The van der Waals surface area contributed by atoms with Crippen LogP contribution < -0.4 is 13.8 Å². The fourth-order valence-electron chi connectivity index (χ4n) is 5.34. The van der Waals surface area contributed by atoms with Crippen LogP contribution >= 0.6 is 17.2 Å². The van der Waals surface area contributed by atoms with Crippen molar-refractivity contribution in [3.8, 4) is 28.6 Å². The number of aromatic nitrogens is 3. The van der Waals surface area contributed by atoms with Gasteiger partial charge in [0, 0.05) is 18.2 Å². The van der Waals surface area contributed by atoms with Crippen molar-refractivity contribution in [2.24, 2.45) is 0 Å². The summed E-state index contributed by atoms with van der Waals surface area (Å²) in [6.07, 6.45) is 11.1. The fourth-order valence-corrected chi connectivity index (χ4v) is 7.19. The molecule has 0 saturated carbocycles. The molecule has 3 heterocycles. The van der Waals surface area contributed by atoms with Gasteiger partial charge in [0.1, 0.15) is 29.6 Å². The fraction of sp³-hybridized carbons (Fsp3) is 0.163. The zero-order valence-corrected chi connectivity index (χ0v) is 32.7. The van der Waals surface area contributed by atoms with Gasteiger partial charge in [-0.05, 0) is 47.5 Å². The number of hydrogen-bond acceptors (Lipinski definition) is 10. The average Bonchev–Trinajstić information content (AvgIpc) is 3.87. The minimum absolute atomic E-state index is 0.252. The standard InChI is InChI=1S/C43H43N3O8P2/c1-5-23-49-55(50-24-6-2)53-36-21-19-34(20-22-36)32-48-43-40(30-37-18-13-27-47-37)45-42-39(28-33-14-10-9-11-15-33)44-41(31-46(42)43)35-16-12-17-38(29-35)54-56(51-25-7-3)52-26-8-4/h5-22,27,29,31H,1-4,23-26,28,30,32H2. The summed E-state index contributed by atoms with van der Waals surface area (Å²) in [6.45, 7) is 16.3. The summed E-state index contributed by atoms with van der Waals surface area (Å²) in [4.78, 5) is 10.3. The molecule has 0 aliphatic carbocycles. The Labute approximate surface area is 329 Å². The summed E-state index contributed by atoms with van der Waals surface area (Å²) >= 11 is 0. The SMILES string of the molecule is C=CCOP(OCC=C)Oc1ccc(COc2c(Cc3ccco3)nc3c(Cc4ccccc4)nc(-c4cccc(OP(OCC=C)OCC=C)c4)cn23)cc1. The normalized spacial score (nSPS) is 11.2. The quantitative estimate of drug-likeness (QED) is 0.0434. The van der Waals surface area contributed by atoms with Crippen LogP contribution in [0.5, 0.6) is 17.4 Å². The minimum atomic E-state index is -1.69. The van der Waals surface area contributed by atoms with Gasteiger partial charge in [-0.1, -0.05) is 78.9 Å². The van der Waals surface area contributed by atoms with Crippen molar-refractivity contribution in [3.05, 3.63) is 182 Å². The van der Waals surface area contributed by atoms with Crippen LogP contribution in [0.25, 0.3) is 16.9 Å². The van der Waals surface area contributed by atoms with Crippen molar-refractivity contribution < 1.29 is 36.3 Å². The molecule has 0 unspecified atom stereocenters. The Morgan fingerprint density at radius 2 is 1.29 bits per heavy atom. The van der Waals surface area contributed by atoms with Gasteiger partial charge in [-0.3, -0.25) is 22.5 Å². The van der Waals surface area contributed by atoms with E-state index in [-0.39, 0.29) is 19.8 Å². The maximum Gasteiger partial charge on any atom is 0.397 e. The lowest BCUT2D eigenvalue weighted by atomic mass is 10.1. The first-order chi connectivity index (χ1) is 27.6. The second-order valence-electron chi connectivity index (χ2n) is 12.0. The molecule has 0 saturated heterocycles. The molecule has 56 heavy (non-hydrogen) atoms. The van der Waals surface area contributed by atoms with E-state index >= 15 is 0 Å². The van der Waals surface area contributed by atoms with E-state index in [2.05, 4.69) is 38.4 Å². The Balaban J connectivity index is 1.35. The maximum absolute atomic E-state index is 6.65. The Kier molecular flexibility index (Phi) is 15.2. The van der Waals surface area contributed by atoms with Crippen LogP contribution in [-0.4, -0.2) is 40.8 Å². The lowest BCUT2D eigenvalue weighted by Gasteiger charge is -2.16. The smallest absolute Gasteiger partial charge is 0.397 e. The van der Waals surface area contributed by atoms with E-state index in [1.807, 2.05) is 89.5 Å². The first-order valence-corrected chi connectivity index (χ1v) is 20.0. The zero-order chi connectivity index (χ0) is 39.0. The number of rotatable bonds is 24. The number of hydrogen-bond donors (Lipinski definition) is 0. The molecule has 6 aromatic rings. The molecule has 0 aliphatic rings. The van der Waals surface area contributed by atoms with Crippen molar-refractivity contribution in [1.82, 2.24) is 14.4 Å². The molecule has 11 nitrogen and oxygen atoms in total. The molecule has 288 valence electrons. The van der Waals surface area contributed by atoms with E-state index in [1.54, 1.807) is 30.6 Å². The molecule has 0 atom stereocenters. The number of nitrogens with zero attached hydrogens (tertiary/aromatic N) is 3. The molecule has 0 spiro atoms. The van der Waals surface area contributed by atoms with Crippen molar-refractivity contribution >= 4 is 22.9 Å². The average molecular weight is 792 g/mol. The summed E-state index contributed by atoms with van der Waals surface area (Å²) in [5, 5.41) is 0. The predicted molar refractivity (Wildman–Crippen MR) is 220 cm³/mol. The number of fused-ring (bicyclic) bond motifs is 1. The largest absolute Gasteiger partial charge is 0.472 e. The molecule has 0 N–H and O–H groups in total. The van der Waals surface area contributed by atoms with Crippen molar-refractivity contribution in [3.63, 3.8) is 0 Å². The molecule has 0 bridgehead atoms. The molecule has 3 aromatic heterocycles. The summed E-state index contributed by atoms with van der Waals surface area (Å²) in [5.74, 6) is 2.49. The van der Waals surface area contributed by atoms with E-state index in [0.717, 1.165) is 28.1 Å². The van der Waals surface area contributed by atoms with E-state index in [1.165, 1.54) is 0 Å². The van der Waals surface area contributed by atoms with Crippen molar-refractivity contribution in [2.75, 3.05) is 26.4 Å². The second kappa shape index (κ2) is 21.1. The van der Waals surface area contributed by atoms with Gasteiger partial charge < -0.3 is 18.2 Å². The minimum Gasteiger partial charge on any atom is -0.472 e. The lowest BCUT2D eigenvalue weighted by Crippen LogP contribution is -2.04. The third-order valence-corrected chi connectivity index (χ3v) is 9.97. The highest BCUT2D eigenvalue weighted by molar-refractivity contribution is 7.42. The van der Waals surface area contributed by atoms with Crippen LogP contribution in [-0.2, 0) is 37.5 Å². The zero-order valence-electron chi connectivity index (χ0n) is 30.9. The molecule has 13 heteroatoms. The first kappa shape index (κ1) is 40.3. The summed E-state index contributed by atoms with van der Waals surface area (Å²) < 4.78 is 49.3. The van der Waals surface area contributed by atoms with E-state index in [4.69, 9.17) is 46.3 Å². The van der Waals surface area contributed by atoms with Crippen LogP contribution in [0.4, 0.5) is 0 Å². The van der Waals surface area contributed by atoms with Gasteiger partial charge in [-0.2, -0.15) is 0 Å². The van der Waals surface area contributed by atoms with Gasteiger partial charge in [0.05, 0.1) is 50.5 Å². The third kappa shape index (κ3) is 11.3. The highest BCUT2D eigenvalue weighted by atomic mass is 31.2. The maximum atomic E-state index is 6.65. The van der Waals surface area contributed by atoms with Gasteiger partial charge in [0.15, 0.2) is 5.65 Å². The highest BCUT2D eigenvalue weighted by Crippen LogP contribution is 2.42. The van der Waals surface area contributed by atoms with Gasteiger partial charge in [0.25, 0.3) is 0 Å². The Morgan fingerprint density at radius 1 is 0.625 bits per heavy atom. The van der Waals surface area contributed by atoms with Crippen molar-refractivity contribution in [1.29, 1.82) is 0 Å². The van der Waals surface area contributed by atoms with Gasteiger partial charge in [0.2, 0.25) is 5.88 Å². The van der Waals surface area contributed by atoms with Crippen LogP contribution in [0.15, 0.2) is 158 Å². The van der Waals surface area contributed by atoms with Crippen LogP contribution in [0.3, 0.4) is 0 Å². The summed E-state index contributed by atoms with van der Waals surface area (Å²) in [5.41, 5.74) is 5.68. The number of imidazole rings is 1. The Bertz CT molecular complexity index is 2150. The topological polar surface area (TPSA) is 108 Å². The number of ether oxygens (including phenoxy) is 1. The summed E-state index contributed by atoms with van der Waals surface area (Å²) in [7, 11) is -3.32.